The molecule has 0 aliphatic carbocycles. The van der Waals surface area contributed by atoms with E-state index in [0.717, 1.165) is 0 Å². The first-order valence-corrected chi connectivity index (χ1v) is 5.97. The van der Waals surface area contributed by atoms with Crippen molar-refractivity contribution in [3.8, 4) is 11.8 Å². The molecule has 0 radical (unpaired) electrons. The minimum atomic E-state index is -0.979. The average Bonchev–Trinajstić information content (AvgIpc) is 1.93. The van der Waals surface area contributed by atoms with Gasteiger partial charge in [-0.05, 0) is 20.8 Å². The van der Waals surface area contributed by atoms with Crippen LogP contribution in [0.5, 0.6) is 0 Å². The molecular formula is C15H28O. The number of aliphatic hydroxyl groups is 1. The number of rotatable bonds is 0. The Morgan fingerprint density at radius 2 is 0.938 bits per heavy atom. The standard InChI is InChI=1S/C15H28O/c1-12(2,3)10-11-15(16,13(4,5)6)14(7,8)9/h16H,1-9H3. The van der Waals surface area contributed by atoms with Gasteiger partial charge in [-0.15, -0.1) is 0 Å². The zero-order valence-electron chi connectivity index (χ0n) is 12.4. The van der Waals surface area contributed by atoms with Crippen molar-refractivity contribution < 1.29 is 5.11 Å². The van der Waals surface area contributed by atoms with Gasteiger partial charge in [0.2, 0.25) is 0 Å². The van der Waals surface area contributed by atoms with Gasteiger partial charge in [-0.3, -0.25) is 0 Å². The van der Waals surface area contributed by atoms with Gasteiger partial charge in [0.25, 0.3) is 0 Å². The molecule has 0 aromatic carbocycles. The van der Waals surface area contributed by atoms with Crippen LogP contribution in [0.1, 0.15) is 62.3 Å². The van der Waals surface area contributed by atoms with Crippen LogP contribution in [-0.4, -0.2) is 10.7 Å². The maximum Gasteiger partial charge on any atom is 0.135 e. The van der Waals surface area contributed by atoms with Gasteiger partial charge < -0.3 is 5.11 Å². The van der Waals surface area contributed by atoms with E-state index in [9.17, 15) is 5.11 Å². The molecule has 1 heteroatoms. The lowest BCUT2D eigenvalue weighted by Crippen LogP contribution is -2.52. The van der Waals surface area contributed by atoms with Gasteiger partial charge in [0.15, 0.2) is 0 Å². The van der Waals surface area contributed by atoms with Gasteiger partial charge in [-0.1, -0.05) is 53.4 Å². The van der Waals surface area contributed by atoms with E-state index in [2.05, 4.69) is 32.6 Å². The summed E-state index contributed by atoms with van der Waals surface area (Å²) in [4.78, 5) is 0. The Morgan fingerprint density at radius 1 is 0.625 bits per heavy atom. The second-order valence-corrected chi connectivity index (χ2v) is 7.71. The van der Waals surface area contributed by atoms with E-state index in [1.54, 1.807) is 0 Å². The zero-order chi connectivity index (χ0) is 13.4. The molecule has 1 nitrogen and oxygen atoms in total. The molecule has 0 atom stereocenters. The molecule has 0 bridgehead atoms. The minimum absolute atomic E-state index is 0.0789. The van der Waals surface area contributed by atoms with Gasteiger partial charge in [0.05, 0.1) is 0 Å². The lowest BCUT2D eigenvalue weighted by molar-refractivity contribution is -0.0877. The quantitative estimate of drug-likeness (QED) is 0.619. The van der Waals surface area contributed by atoms with Crippen LogP contribution in [-0.2, 0) is 0 Å². The summed E-state index contributed by atoms with van der Waals surface area (Å²) in [6.45, 7) is 18.4. The molecule has 0 saturated heterocycles. The summed E-state index contributed by atoms with van der Waals surface area (Å²) in [6, 6.07) is 0. The second kappa shape index (κ2) is 4.08. The summed E-state index contributed by atoms with van der Waals surface area (Å²) in [5.74, 6) is 6.30. The van der Waals surface area contributed by atoms with E-state index in [1.807, 2.05) is 41.5 Å². The Balaban J connectivity index is 5.54. The fourth-order valence-electron chi connectivity index (χ4n) is 1.78. The van der Waals surface area contributed by atoms with Crippen molar-refractivity contribution >= 4 is 0 Å². The highest BCUT2D eigenvalue weighted by Crippen LogP contribution is 2.43. The molecule has 0 fully saturated rings. The summed E-state index contributed by atoms with van der Waals surface area (Å²) < 4.78 is 0. The summed E-state index contributed by atoms with van der Waals surface area (Å²) >= 11 is 0. The molecule has 0 amide bonds. The topological polar surface area (TPSA) is 20.2 Å². The van der Waals surface area contributed by atoms with Gasteiger partial charge >= 0.3 is 0 Å². The Hall–Kier alpha value is -0.480. The molecule has 0 saturated carbocycles. The van der Waals surface area contributed by atoms with E-state index < -0.39 is 5.60 Å². The SMILES string of the molecule is CC(C)(C)C#CC(O)(C(C)(C)C)C(C)(C)C. The van der Waals surface area contributed by atoms with Gasteiger partial charge in [-0.2, -0.15) is 0 Å². The summed E-state index contributed by atoms with van der Waals surface area (Å²) in [5, 5.41) is 10.9. The Bertz CT molecular complexity index is 280. The molecule has 0 rings (SSSR count). The predicted molar refractivity (Wildman–Crippen MR) is 71.1 cm³/mol. The molecule has 0 aromatic heterocycles. The lowest BCUT2D eigenvalue weighted by Gasteiger charge is -2.46. The van der Waals surface area contributed by atoms with Gasteiger partial charge in [0.1, 0.15) is 5.60 Å². The third-order valence-electron chi connectivity index (χ3n) is 2.79. The summed E-state index contributed by atoms with van der Waals surface area (Å²) in [6.07, 6.45) is 0. The smallest absolute Gasteiger partial charge is 0.135 e. The highest BCUT2D eigenvalue weighted by molar-refractivity contribution is 5.24. The largest absolute Gasteiger partial charge is 0.376 e. The predicted octanol–water partition coefficient (Wildman–Crippen LogP) is 3.86. The first kappa shape index (κ1) is 15.5. The van der Waals surface area contributed by atoms with Crippen molar-refractivity contribution in [2.24, 2.45) is 16.2 Å². The minimum Gasteiger partial charge on any atom is -0.376 e. The first-order valence-electron chi connectivity index (χ1n) is 5.97. The van der Waals surface area contributed by atoms with Crippen molar-refractivity contribution in [2.45, 2.75) is 67.9 Å². The summed E-state index contributed by atoms with van der Waals surface area (Å²) in [5.41, 5.74) is -1.58. The monoisotopic (exact) mass is 224 g/mol. The van der Waals surface area contributed by atoms with Gasteiger partial charge in [0, 0.05) is 16.2 Å². The van der Waals surface area contributed by atoms with E-state index in [-0.39, 0.29) is 16.2 Å². The summed E-state index contributed by atoms with van der Waals surface area (Å²) in [7, 11) is 0. The van der Waals surface area contributed by atoms with Crippen LogP contribution >= 0.6 is 0 Å². The van der Waals surface area contributed by atoms with E-state index in [4.69, 9.17) is 0 Å². The molecule has 0 heterocycles. The molecule has 16 heavy (non-hydrogen) atoms. The third kappa shape index (κ3) is 3.52. The van der Waals surface area contributed by atoms with Crippen molar-refractivity contribution in [2.75, 3.05) is 0 Å². The first-order chi connectivity index (χ1) is 6.71. The van der Waals surface area contributed by atoms with Crippen LogP contribution in [0.25, 0.3) is 0 Å². The van der Waals surface area contributed by atoms with Crippen LogP contribution in [0.4, 0.5) is 0 Å². The van der Waals surface area contributed by atoms with Crippen molar-refractivity contribution in [1.82, 2.24) is 0 Å². The van der Waals surface area contributed by atoms with E-state index >= 15 is 0 Å². The molecule has 0 aliphatic heterocycles. The molecular weight excluding hydrogens is 196 g/mol. The van der Waals surface area contributed by atoms with Crippen LogP contribution in [0.15, 0.2) is 0 Å². The fraction of sp³-hybridized carbons (Fsp3) is 0.867. The number of hydrogen-bond acceptors (Lipinski definition) is 1. The highest BCUT2D eigenvalue weighted by atomic mass is 16.3. The van der Waals surface area contributed by atoms with E-state index in [0.29, 0.717) is 0 Å². The maximum absolute atomic E-state index is 10.9. The van der Waals surface area contributed by atoms with Crippen molar-refractivity contribution in [3.05, 3.63) is 0 Å². The van der Waals surface area contributed by atoms with Crippen molar-refractivity contribution in [1.29, 1.82) is 0 Å². The van der Waals surface area contributed by atoms with Crippen LogP contribution < -0.4 is 0 Å². The molecule has 1 N–H and O–H groups in total. The normalized spacial score (nSPS) is 14.4. The Labute approximate surface area is 102 Å². The fourth-order valence-corrected chi connectivity index (χ4v) is 1.78. The lowest BCUT2D eigenvalue weighted by atomic mass is 9.63. The molecule has 0 aromatic rings. The zero-order valence-corrected chi connectivity index (χ0v) is 12.4. The van der Waals surface area contributed by atoms with Gasteiger partial charge in [-0.25, -0.2) is 0 Å². The Morgan fingerprint density at radius 3 is 1.12 bits per heavy atom. The van der Waals surface area contributed by atoms with Crippen LogP contribution in [0.3, 0.4) is 0 Å². The Kier molecular flexibility index (Phi) is 3.95. The maximum atomic E-state index is 10.9. The average molecular weight is 224 g/mol. The van der Waals surface area contributed by atoms with E-state index in [1.165, 1.54) is 0 Å². The van der Waals surface area contributed by atoms with Crippen LogP contribution in [0.2, 0.25) is 0 Å². The number of hydrogen-bond donors (Lipinski definition) is 1. The molecule has 0 aliphatic rings. The molecule has 94 valence electrons. The molecule has 0 spiro atoms. The van der Waals surface area contributed by atoms with Crippen molar-refractivity contribution in [3.63, 3.8) is 0 Å². The highest BCUT2D eigenvalue weighted by Gasteiger charge is 2.48. The third-order valence-corrected chi connectivity index (χ3v) is 2.79. The second-order valence-electron chi connectivity index (χ2n) is 7.71. The molecule has 0 unspecified atom stereocenters. The van der Waals surface area contributed by atoms with Crippen LogP contribution in [0, 0.1) is 28.1 Å².